The lowest BCUT2D eigenvalue weighted by Gasteiger charge is -2.17. The Balaban J connectivity index is 2.05. The lowest BCUT2D eigenvalue weighted by molar-refractivity contribution is 0.195. The first kappa shape index (κ1) is 15.9. The summed E-state index contributed by atoms with van der Waals surface area (Å²) < 4.78 is 40.3. The molecule has 20 heavy (non-hydrogen) atoms. The van der Waals surface area contributed by atoms with Crippen LogP contribution in [-0.4, -0.2) is 26.7 Å². The molecule has 1 aromatic carbocycles. The van der Waals surface area contributed by atoms with Gasteiger partial charge in [0.15, 0.2) is 0 Å². The summed E-state index contributed by atoms with van der Waals surface area (Å²) in [5.41, 5.74) is 0. The largest absolute Gasteiger partial charge is 0.396 e. The van der Waals surface area contributed by atoms with Crippen molar-refractivity contribution >= 4 is 26.0 Å². The van der Waals surface area contributed by atoms with Gasteiger partial charge in [0.25, 0.3) is 0 Å². The zero-order chi connectivity index (χ0) is 14.8. The molecule has 0 aromatic heterocycles. The van der Waals surface area contributed by atoms with Gasteiger partial charge in [0.1, 0.15) is 5.82 Å². The molecule has 4 nitrogen and oxygen atoms in total. The zero-order valence-electron chi connectivity index (χ0n) is 10.9. The van der Waals surface area contributed by atoms with E-state index in [0.717, 1.165) is 25.3 Å². The Morgan fingerprint density at radius 3 is 2.70 bits per heavy atom. The Morgan fingerprint density at radius 1 is 1.35 bits per heavy atom. The Hall–Kier alpha value is -0.500. The van der Waals surface area contributed by atoms with Gasteiger partial charge in [0.05, 0.1) is 9.37 Å². The zero-order valence-corrected chi connectivity index (χ0v) is 13.3. The van der Waals surface area contributed by atoms with Gasteiger partial charge in [0, 0.05) is 13.2 Å². The highest BCUT2D eigenvalue weighted by molar-refractivity contribution is 9.10. The number of aliphatic hydroxyl groups excluding tert-OH is 1. The Labute approximate surface area is 126 Å². The van der Waals surface area contributed by atoms with Gasteiger partial charge in [-0.05, 0) is 58.8 Å². The molecule has 0 saturated heterocycles. The second-order valence-corrected chi connectivity index (χ2v) is 7.68. The van der Waals surface area contributed by atoms with Crippen LogP contribution in [0.15, 0.2) is 27.6 Å². The molecule has 0 radical (unpaired) electrons. The summed E-state index contributed by atoms with van der Waals surface area (Å²) in [5, 5.41) is 9.22. The highest BCUT2D eigenvalue weighted by Crippen LogP contribution is 2.31. The molecule has 0 aliphatic heterocycles. The van der Waals surface area contributed by atoms with Crippen LogP contribution in [0, 0.1) is 17.7 Å². The fourth-order valence-corrected chi connectivity index (χ4v) is 3.92. The molecule has 1 fully saturated rings. The van der Waals surface area contributed by atoms with Gasteiger partial charge in [-0.15, -0.1) is 0 Å². The molecule has 7 heteroatoms. The van der Waals surface area contributed by atoms with Gasteiger partial charge in [-0.1, -0.05) is 6.42 Å². The van der Waals surface area contributed by atoms with Crippen LogP contribution in [0.2, 0.25) is 0 Å². The lowest BCUT2D eigenvalue weighted by Crippen LogP contribution is -2.31. The monoisotopic (exact) mass is 365 g/mol. The van der Waals surface area contributed by atoms with Gasteiger partial charge in [-0.25, -0.2) is 17.5 Å². The molecule has 2 atom stereocenters. The van der Waals surface area contributed by atoms with Crippen molar-refractivity contribution in [3.8, 4) is 0 Å². The van der Waals surface area contributed by atoms with Crippen molar-refractivity contribution in [2.45, 2.75) is 24.2 Å². The minimum absolute atomic E-state index is 0.0826. The van der Waals surface area contributed by atoms with Crippen molar-refractivity contribution in [3.05, 3.63) is 28.5 Å². The van der Waals surface area contributed by atoms with Gasteiger partial charge in [-0.2, -0.15) is 0 Å². The number of hydrogen-bond donors (Lipinski definition) is 2. The van der Waals surface area contributed by atoms with Gasteiger partial charge >= 0.3 is 0 Å². The predicted octanol–water partition coefficient (Wildman–Crippen LogP) is 2.28. The number of aliphatic hydroxyl groups is 1. The van der Waals surface area contributed by atoms with Crippen LogP contribution in [-0.2, 0) is 10.0 Å². The molecule has 0 heterocycles. The number of rotatable bonds is 5. The van der Waals surface area contributed by atoms with E-state index in [1.165, 1.54) is 12.1 Å². The van der Waals surface area contributed by atoms with Gasteiger partial charge < -0.3 is 5.11 Å². The highest BCUT2D eigenvalue weighted by atomic mass is 79.9. The normalized spacial score (nSPS) is 23.1. The second kappa shape index (κ2) is 6.51. The molecule has 0 amide bonds. The smallest absolute Gasteiger partial charge is 0.240 e. The van der Waals surface area contributed by atoms with Crippen LogP contribution < -0.4 is 4.72 Å². The Morgan fingerprint density at radius 2 is 2.05 bits per heavy atom. The topological polar surface area (TPSA) is 66.4 Å². The molecule has 0 bridgehead atoms. The fourth-order valence-electron chi connectivity index (χ4n) is 2.57. The van der Waals surface area contributed by atoms with E-state index in [1.54, 1.807) is 0 Å². The summed E-state index contributed by atoms with van der Waals surface area (Å²) in [6.07, 6.45) is 2.84. The van der Waals surface area contributed by atoms with E-state index in [9.17, 15) is 17.9 Å². The van der Waals surface area contributed by atoms with Crippen LogP contribution in [0.25, 0.3) is 0 Å². The molecular formula is C13H17BrFNO3S. The molecule has 0 spiro atoms. The number of nitrogens with one attached hydrogen (secondary N) is 1. The summed E-state index contributed by atoms with van der Waals surface area (Å²) in [5.74, 6) is -0.309. The quantitative estimate of drug-likeness (QED) is 0.840. The third kappa shape index (κ3) is 3.58. The lowest BCUT2D eigenvalue weighted by atomic mass is 9.97. The molecule has 1 aliphatic carbocycles. The predicted molar refractivity (Wildman–Crippen MR) is 77.2 cm³/mol. The van der Waals surface area contributed by atoms with Crippen LogP contribution in [0.5, 0.6) is 0 Å². The first-order valence-corrected chi connectivity index (χ1v) is 8.77. The van der Waals surface area contributed by atoms with E-state index < -0.39 is 15.8 Å². The molecule has 2 rings (SSSR count). The molecule has 2 N–H and O–H groups in total. The molecule has 2 unspecified atom stereocenters. The van der Waals surface area contributed by atoms with E-state index in [0.29, 0.717) is 0 Å². The van der Waals surface area contributed by atoms with Crippen LogP contribution in [0.4, 0.5) is 4.39 Å². The van der Waals surface area contributed by atoms with Crippen molar-refractivity contribution in [2.75, 3.05) is 13.2 Å². The molecular weight excluding hydrogens is 349 g/mol. The second-order valence-electron chi connectivity index (χ2n) is 5.06. The molecule has 1 saturated carbocycles. The standard InChI is InChI=1S/C13H17BrFNO3S/c14-12-5-4-11(6-13(12)15)20(18,19)16-7-9-2-1-3-10(9)8-17/h4-6,9-10,16-17H,1-3,7-8H2. The van der Waals surface area contributed by atoms with Crippen LogP contribution >= 0.6 is 15.9 Å². The van der Waals surface area contributed by atoms with E-state index in [-0.39, 0.29) is 34.4 Å². The van der Waals surface area contributed by atoms with E-state index in [1.807, 2.05) is 0 Å². The van der Waals surface area contributed by atoms with Crippen molar-refractivity contribution < 1.29 is 17.9 Å². The SMILES string of the molecule is O=S(=O)(NCC1CCCC1CO)c1ccc(Br)c(F)c1. The summed E-state index contributed by atoms with van der Waals surface area (Å²) in [6.45, 7) is 0.366. The van der Waals surface area contributed by atoms with E-state index >= 15 is 0 Å². The minimum Gasteiger partial charge on any atom is -0.396 e. The molecule has 1 aliphatic rings. The summed E-state index contributed by atoms with van der Waals surface area (Å²) in [6, 6.07) is 3.72. The maximum atomic E-state index is 13.4. The average Bonchev–Trinajstić information content (AvgIpc) is 2.87. The van der Waals surface area contributed by atoms with Gasteiger partial charge in [0.2, 0.25) is 10.0 Å². The number of sulfonamides is 1. The summed E-state index contributed by atoms with van der Waals surface area (Å²) in [4.78, 5) is -0.0863. The van der Waals surface area contributed by atoms with Crippen LogP contribution in [0.1, 0.15) is 19.3 Å². The third-order valence-corrected chi connectivity index (χ3v) is 5.85. The Bertz CT molecular complexity index is 579. The first-order chi connectivity index (χ1) is 9.44. The Kier molecular flexibility index (Phi) is 5.17. The van der Waals surface area contributed by atoms with Crippen molar-refractivity contribution in [1.29, 1.82) is 0 Å². The van der Waals surface area contributed by atoms with E-state index in [4.69, 9.17) is 0 Å². The third-order valence-electron chi connectivity index (χ3n) is 3.79. The maximum Gasteiger partial charge on any atom is 0.240 e. The first-order valence-electron chi connectivity index (χ1n) is 6.49. The van der Waals surface area contributed by atoms with Crippen molar-refractivity contribution in [3.63, 3.8) is 0 Å². The van der Waals surface area contributed by atoms with Crippen molar-refractivity contribution in [2.24, 2.45) is 11.8 Å². The average molecular weight is 366 g/mol. The fraction of sp³-hybridized carbons (Fsp3) is 0.538. The van der Waals surface area contributed by atoms with Gasteiger partial charge in [-0.3, -0.25) is 0 Å². The summed E-state index contributed by atoms with van der Waals surface area (Å²) >= 11 is 2.99. The van der Waals surface area contributed by atoms with E-state index in [2.05, 4.69) is 20.7 Å². The number of hydrogen-bond acceptors (Lipinski definition) is 3. The summed E-state index contributed by atoms with van der Waals surface area (Å²) in [7, 11) is -3.71. The van der Waals surface area contributed by atoms with Crippen LogP contribution in [0.3, 0.4) is 0 Å². The molecule has 112 valence electrons. The number of benzene rings is 1. The minimum atomic E-state index is -3.71. The highest BCUT2D eigenvalue weighted by Gasteiger charge is 2.28. The molecule has 1 aromatic rings. The maximum absolute atomic E-state index is 13.4. The number of halogens is 2. The van der Waals surface area contributed by atoms with Crippen molar-refractivity contribution in [1.82, 2.24) is 4.72 Å².